The van der Waals surface area contributed by atoms with Gasteiger partial charge in [0.25, 0.3) is 0 Å². The van der Waals surface area contributed by atoms with Crippen LogP contribution in [0.4, 0.5) is 0 Å². The Bertz CT molecular complexity index is 2410. The Morgan fingerprint density at radius 2 is 1.95 bits per heavy atom. The number of aromatic amines is 1. The van der Waals surface area contributed by atoms with Crippen molar-refractivity contribution in [3.8, 4) is 34.8 Å². The number of aromatic hydroxyl groups is 1. The first-order valence-corrected chi connectivity index (χ1v) is 20.1. The molecule has 56 heavy (non-hydrogen) atoms. The topological polar surface area (TPSA) is 159 Å². The minimum Gasteiger partial charge on any atom is -0.504 e. The van der Waals surface area contributed by atoms with Crippen LogP contribution in [-0.4, -0.2) is 96.2 Å². The fraction of sp³-hybridized carbons (Fsp3) is 0.452. The quantitative estimate of drug-likeness (QED) is 0.189. The van der Waals surface area contributed by atoms with Crippen molar-refractivity contribution in [2.24, 2.45) is 0 Å². The monoisotopic (exact) mass is 777 g/mol. The standard InChI is InChI=1S/C42H43N5O8S/c1-19-12-22-13-26-27(14-43)47-28-15-52-16-29(49)42(41-24(10-11-44-42)23-8-6-7-9-25(23)45-41)17-56-40(34(47)33(46(26)4)30(22)35(50)36(19)51-5)32-31(28)39-38(53-18-54-39)20(2)37(32)55-21(3)48/h6-9,12,26-28,33-34,40,44-45,50H,10-11,13,15-18H2,1-5H3/t26-,27-,28+,33+,34?,40+,42-/m0/s1. The number of ether oxygens (including phenoxy) is 5. The second kappa shape index (κ2) is 12.9. The number of likely N-dealkylation sites (N-methyl/N-ethyl adjacent to an activating group) is 1. The van der Waals surface area contributed by atoms with Gasteiger partial charge in [-0.15, -0.1) is 11.8 Å². The van der Waals surface area contributed by atoms with Gasteiger partial charge in [-0.05, 0) is 56.5 Å². The van der Waals surface area contributed by atoms with Crippen LogP contribution in [-0.2, 0) is 32.7 Å². The summed E-state index contributed by atoms with van der Waals surface area (Å²) in [6, 6.07) is 10.5. The molecule has 8 heterocycles. The third kappa shape index (κ3) is 4.75. The molecule has 7 aliphatic heterocycles. The number of para-hydroxylation sites is 1. The van der Waals surface area contributed by atoms with Crippen molar-refractivity contribution in [3.63, 3.8) is 0 Å². The van der Waals surface area contributed by atoms with Gasteiger partial charge in [0, 0.05) is 70.2 Å². The number of phenolic OH excluding ortho intramolecular Hbond substituents is 1. The van der Waals surface area contributed by atoms with Crippen LogP contribution >= 0.6 is 11.8 Å². The van der Waals surface area contributed by atoms with Gasteiger partial charge in [-0.3, -0.25) is 24.7 Å². The molecule has 1 unspecified atom stereocenters. The summed E-state index contributed by atoms with van der Waals surface area (Å²) in [7, 11) is 3.58. The predicted molar refractivity (Wildman–Crippen MR) is 206 cm³/mol. The van der Waals surface area contributed by atoms with Crippen molar-refractivity contribution in [2.75, 3.05) is 46.5 Å². The predicted octanol–water partition coefficient (Wildman–Crippen LogP) is 4.80. The van der Waals surface area contributed by atoms with E-state index < -0.39 is 40.9 Å². The summed E-state index contributed by atoms with van der Waals surface area (Å²) in [4.78, 5) is 36.0. The van der Waals surface area contributed by atoms with E-state index in [1.807, 2.05) is 39.1 Å². The highest BCUT2D eigenvalue weighted by Gasteiger charge is 2.61. The molecule has 3 N–H and O–H groups in total. The number of nitrogens with zero attached hydrogens (tertiary/aromatic N) is 3. The first-order valence-electron chi connectivity index (χ1n) is 19.1. The third-order valence-corrected chi connectivity index (χ3v) is 14.5. The van der Waals surface area contributed by atoms with E-state index in [-0.39, 0.29) is 43.3 Å². The third-order valence-electron chi connectivity index (χ3n) is 13.1. The number of methoxy groups -OCH3 is 1. The Morgan fingerprint density at radius 3 is 2.73 bits per heavy atom. The largest absolute Gasteiger partial charge is 0.504 e. The summed E-state index contributed by atoms with van der Waals surface area (Å²) in [5.41, 5.74) is 6.36. The Hall–Kier alpha value is -4.78. The van der Waals surface area contributed by atoms with Crippen molar-refractivity contribution in [3.05, 3.63) is 75.0 Å². The maximum absolute atomic E-state index is 14.8. The van der Waals surface area contributed by atoms with Crippen LogP contribution in [0.25, 0.3) is 10.9 Å². The summed E-state index contributed by atoms with van der Waals surface area (Å²) in [5, 5.41) is 27.6. The molecule has 7 atom stereocenters. The number of H-pyrrole nitrogens is 1. The molecule has 0 aliphatic carbocycles. The average molecular weight is 778 g/mol. The van der Waals surface area contributed by atoms with Gasteiger partial charge >= 0.3 is 5.97 Å². The van der Waals surface area contributed by atoms with Gasteiger partial charge in [0.15, 0.2) is 28.8 Å². The number of benzene rings is 3. The van der Waals surface area contributed by atoms with Crippen molar-refractivity contribution in [1.82, 2.24) is 20.1 Å². The van der Waals surface area contributed by atoms with E-state index in [9.17, 15) is 20.0 Å². The first-order chi connectivity index (χ1) is 27.1. The summed E-state index contributed by atoms with van der Waals surface area (Å²) >= 11 is 1.59. The summed E-state index contributed by atoms with van der Waals surface area (Å²) < 4.78 is 30.9. The van der Waals surface area contributed by atoms with Gasteiger partial charge in [0.1, 0.15) is 23.9 Å². The Kier molecular flexibility index (Phi) is 8.19. The number of ketones is 1. The summed E-state index contributed by atoms with van der Waals surface area (Å²) in [6.45, 7) is 5.59. The maximum Gasteiger partial charge on any atom is 0.308 e. The molecule has 0 radical (unpaired) electrons. The molecule has 0 saturated carbocycles. The number of nitriles is 1. The Balaban J connectivity index is 1.26. The summed E-state index contributed by atoms with van der Waals surface area (Å²) in [6.07, 6.45) is 1.28. The van der Waals surface area contributed by atoms with E-state index in [1.165, 1.54) is 6.92 Å². The van der Waals surface area contributed by atoms with Crippen molar-refractivity contribution in [1.29, 1.82) is 5.26 Å². The number of aromatic nitrogens is 1. The van der Waals surface area contributed by atoms with Crippen molar-refractivity contribution >= 4 is 34.4 Å². The van der Waals surface area contributed by atoms with E-state index in [1.54, 1.807) is 18.9 Å². The Morgan fingerprint density at radius 1 is 1.14 bits per heavy atom. The number of carbonyl (C=O) groups is 2. The molecular formula is C42H43N5O8S. The number of nitrogens with one attached hydrogen (secondary N) is 2. The zero-order valence-electron chi connectivity index (χ0n) is 31.9. The molecule has 13 nitrogen and oxygen atoms in total. The molecular weight excluding hydrogens is 735 g/mol. The fourth-order valence-corrected chi connectivity index (χ4v) is 12.5. The van der Waals surface area contributed by atoms with Gasteiger partial charge in [-0.2, -0.15) is 5.26 Å². The van der Waals surface area contributed by atoms with E-state index in [4.69, 9.17) is 23.7 Å². The lowest BCUT2D eigenvalue weighted by Crippen LogP contribution is -2.69. The highest BCUT2D eigenvalue weighted by Crippen LogP contribution is 2.64. The average Bonchev–Trinajstić information content (AvgIpc) is 3.82. The van der Waals surface area contributed by atoms with Crippen LogP contribution in [0.1, 0.15) is 68.9 Å². The van der Waals surface area contributed by atoms with Crippen LogP contribution in [0.3, 0.4) is 0 Å². The minimum atomic E-state index is -1.15. The number of piperazine rings is 1. The lowest BCUT2D eigenvalue weighted by Gasteiger charge is -2.61. The van der Waals surface area contributed by atoms with E-state index >= 15 is 0 Å². The van der Waals surface area contributed by atoms with Crippen LogP contribution in [0, 0.1) is 25.2 Å². The number of aryl methyl sites for hydroxylation is 1. The smallest absolute Gasteiger partial charge is 0.308 e. The van der Waals surface area contributed by atoms with E-state index in [0.717, 1.165) is 56.4 Å². The molecule has 11 rings (SSSR count). The second-order valence-corrected chi connectivity index (χ2v) is 16.9. The molecule has 4 bridgehead atoms. The summed E-state index contributed by atoms with van der Waals surface area (Å²) in [5.74, 6) is 1.57. The number of thioether (sulfide) groups is 1. The molecule has 3 aromatic carbocycles. The number of fused-ring (bicyclic) bond motifs is 12. The van der Waals surface area contributed by atoms with Gasteiger partial charge in [-0.1, -0.05) is 24.3 Å². The molecule has 2 fully saturated rings. The second-order valence-electron chi connectivity index (χ2n) is 15.8. The van der Waals surface area contributed by atoms with Crippen molar-refractivity contribution < 1.29 is 38.4 Å². The highest BCUT2D eigenvalue weighted by atomic mass is 32.2. The lowest BCUT2D eigenvalue weighted by atomic mass is 9.71. The molecule has 290 valence electrons. The molecule has 1 spiro atoms. The van der Waals surface area contributed by atoms with Gasteiger partial charge in [0.05, 0.1) is 37.1 Å². The highest BCUT2D eigenvalue weighted by molar-refractivity contribution is 7.99. The molecule has 0 amide bonds. The van der Waals surface area contributed by atoms with Gasteiger partial charge < -0.3 is 33.8 Å². The maximum atomic E-state index is 14.8. The van der Waals surface area contributed by atoms with Gasteiger partial charge in [-0.25, -0.2) is 0 Å². The van der Waals surface area contributed by atoms with E-state index in [2.05, 4.69) is 38.3 Å². The van der Waals surface area contributed by atoms with Crippen LogP contribution < -0.4 is 24.3 Å². The van der Waals surface area contributed by atoms with Gasteiger partial charge in [0.2, 0.25) is 6.79 Å². The zero-order chi connectivity index (χ0) is 38.8. The number of Topliss-reactive ketones (excluding diaryl/α,β-unsaturated/α-hetero) is 1. The minimum absolute atomic E-state index is 0.0221. The molecule has 7 aliphatic rings. The number of hydrogen-bond donors (Lipinski definition) is 3. The lowest BCUT2D eigenvalue weighted by molar-refractivity contribution is -0.133. The zero-order valence-corrected chi connectivity index (χ0v) is 32.7. The number of phenols is 1. The van der Waals surface area contributed by atoms with Crippen molar-refractivity contribution in [2.45, 2.75) is 74.6 Å². The number of hydrogen-bond acceptors (Lipinski definition) is 13. The van der Waals surface area contributed by atoms with E-state index in [0.29, 0.717) is 41.5 Å². The first kappa shape index (κ1) is 35.6. The fourth-order valence-electron chi connectivity index (χ4n) is 10.8. The SMILES string of the molecule is COc1c(C)cc2c(c1O)[C@@H]1C3[C@@H]4SC[C@]5(NCCc6c5[nH]c5ccccc65)C(=O)COC[C@H](c5c6c(c(C)c(OC(C)=O)c54)OCO6)N3[C@@H](C#N)[C@H](C2)N1C. The van der Waals surface area contributed by atoms with Crippen LogP contribution in [0.15, 0.2) is 30.3 Å². The molecule has 2 saturated heterocycles. The number of carbonyl (C=O) groups excluding carboxylic acids is 2. The molecule has 4 aromatic rings. The van der Waals surface area contributed by atoms with Crippen LogP contribution in [0.5, 0.6) is 28.7 Å². The molecule has 1 aromatic heterocycles. The van der Waals surface area contributed by atoms with Crippen LogP contribution in [0.2, 0.25) is 0 Å². The Labute approximate surface area is 328 Å². The number of rotatable bonds is 2. The number of esters is 1. The molecule has 14 heteroatoms. The normalized spacial score (nSPS) is 29.2.